The van der Waals surface area contributed by atoms with Crippen LogP contribution in [0.5, 0.6) is 0 Å². The molecule has 2 nitrogen and oxygen atoms in total. The van der Waals surface area contributed by atoms with Crippen molar-refractivity contribution in [2.75, 3.05) is 12.4 Å². The van der Waals surface area contributed by atoms with Gasteiger partial charge >= 0.3 is 0 Å². The lowest BCUT2D eigenvalue weighted by molar-refractivity contribution is -0.116. The summed E-state index contributed by atoms with van der Waals surface area (Å²) in [4.78, 5) is 10.2. The molecule has 0 rings (SSSR count). The van der Waals surface area contributed by atoms with Gasteiger partial charge in [0, 0.05) is 6.42 Å². The van der Waals surface area contributed by atoms with Crippen molar-refractivity contribution in [2.24, 2.45) is 5.73 Å². The van der Waals surface area contributed by atoms with E-state index in [1.807, 2.05) is 0 Å². The molecule has 42 valence electrons. The molecule has 0 heterocycles. The molecule has 0 aromatic heterocycles. The second-order valence-electron chi connectivity index (χ2n) is 1.21. The number of carbonyl (C=O) groups is 1. The number of ketones is 1. The molecule has 2 N–H and O–H groups in total. The second-order valence-corrected chi connectivity index (χ2v) is 1.48. The van der Waals surface area contributed by atoms with E-state index in [0.717, 1.165) is 0 Å². The van der Waals surface area contributed by atoms with Crippen LogP contribution < -0.4 is 5.73 Å². The van der Waals surface area contributed by atoms with Crippen molar-refractivity contribution < 1.29 is 4.79 Å². The molecule has 0 aliphatic heterocycles. The summed E-state index contributed by atoms with van der Waals surface area (Å²) < 4.78 is 0. The van der Waals surface area contributed by atoms with Crippen LogP contribution in [0.4, 0.5) is 0 Å². The van der Waals surface area contributed by atoms with Crippen molar-refractivity contribution >= 4 is 17.4 Å². The average Bonchev–Trinajstić information content (AvgIpc) is 1.68. The Bertz CT molecular complexity index is 64.7. The van der Waals surface area contributed by atoms with Gasteiger partial charge in [-0.3, -0.25) is 4.79 Å². The maximum absolute atomic E-state index is 10.2. The van der Waals surface area contributed by atoms with Crippen molar-refractivity contribution in [2.45, 2.75) is 6.42 Å². The predicted molar refractivity (Wildman–Crippen MR) is 29.4 cm³/mol. The van der Waals surface area contributed by atoms with Crippen LogP contribution in [0.3, 0.4) is 0 Å². The van der Waals surface area contributed by atoms with Crippen LogP contribution >= 0.6 is 11.6 Å². The Hall–Kier alpha value is -0.0800. The smallest absolute Gasteiger partial charge is 0.148 e. The highest BCUT2D eigenvalue weighted by atomic mass is 35.5. The number of nitrogens with two attached hydrogens (primary N) is 1. The molecule has 0 amide bonds. The molecule has 0 aromatic rings. The van der Waals surface area contributed by atoms with Crippen LogP contribution in [0, 0.1) is 0 Å². The zero-order chi connectivity index (χ0) is 5.70. The topological polar surface area (TPSA) is 43.1 Å². The SMILES string of the molecule is NCCC(=O)CCl. The number of alkyl halides is 1. The minimum Gasteiger partial charge on any atom is -0.330 e. The number of hydrogen-bond donors (Lipinski definition) is 1. The molecule has 0 aromatic carbocycles. The van der Waals surface area contributed by atoms with E-state index in [9.17, 15) is 4.79 Å². The molecule has 0 bridgehead atoms. The quantitative estimate of drug-likeness (QED) is 0.540. The summed E-state index contributed by atoms with van der Waals surface area (Å²) in [6.07, 6.45) is 0.406. The fraction of sp³-hybridized carbons (Fsp3) is 0.750. The van der Waals surface area contributed by atoms with Gasteiger partial charge in [-0.05, 0) is 6.54 Å². The van der Waals surface area contributed by atoms with Gasteiger partial charge in [0.15, 0.2) is 0 Å². The fourth-order valence-corrected chi connectivity index (χ4v) is 0.361. The molecule has 0 atom stereocenters. The zero-order valence-electron chi connectivity index (χ0n) is 3.98. The Labute approximate surface area is 47.6 Å². The maximum atomic E-state index is 10.2. The van der Waals surface area contributed by atoms with Crippen LogP contribution in [-0.4, -0.2) is 18.2 Å². The number of halogens is 1. The standard InChI is InChI=1S/C4H8ClNO/c5-3-4(7)1-2-6/h1-3,6H2. The Morgan fingerprint density at radius 2 is 2.29 bits per heavy atom. The molecule has 0 radical (unpaired) electrons. The molecule has 0 spiro atoms. The summed E-state index contributed by atoms with van der Waals surface area (Å²) >= 11 is 5.13. The van der Waals surface area contributed by atoms with Crippen molar-refractivity contribution in [1.29, 1.82) is 0 Å². The van der Waals surface area contributed by atoms with Gasteiger partial charge in [0.05, 0.1) is 5.88 Å². The Morgan fingerprint density at radius 3 is 2.43 bits per heavy atom. The van der Waals surface area contributed by atoms with E-state index in [-0.39, 0.29) is 11.7 Å². The summed E-state index contributed by atoms with van der Waals surface area (Å²) in [5.74, 6) is 0.112. The van der Waals surface area contributed by atoms with Gasteiger partial charge < -0.3 is 5.73 Å². The van der Waals surface area contributed by atoms with Gasteiger partial charge in [-0.1, -0.05) is 0 Å². The van der Waals surface area contributed by atoms with Crippen molar-refractivity contribution in [3.8, 4) is 0 Å². The van der Waals surface area contributed by atoms with E-state index in [1.54, 1.807) is 0 Å². The average molecular weight is 122 g/mol. The highest BCUT2D eigenvalue weighted by Crippen LogP contribution is 1.81. The fourth-order valence-electron chi connectivity index (χ4n) is 0.228. The van der Waals surface area contributed by atoms with Crippen LogP contribution in [0.25, 0.3) is 0 Å². The molecule has 7 heavy (non-hydrogen) atoms. The first-order chi connectivity index (χ1) is 3.31. The number of carbonyl (C=O) groups excluding carboxylic acids is 1. The number of Topliss-reactive ketones (excluding diaryl/α,β-unsaturated/α-hetero) is 1. The minimum absolute atomic E-state index is 0.0177. The van der Waals surface area contributed by atoms with Gasteiger partial charge in [0.25, 0.3) is 0 Å². The zero-order valence-corrected chi connectivity index (χ0v) is 4.74. The largest absolute Gasteiger partial charge is 0.330 e. The third-order valence-electron chi connectivity index (χ3n) is 0.572. The molecule has 0 saturated heterocycles. The molecule has 0 aliphatic rings. The lowest BCUT2D eigenvalue weighted by Crippen LogP contribution is -2.08. The van der Waals surface area contributed by atoms with Crippen LogP contribution in [-0.2, 0) is 4.79 Å². The van der Waals surface area contributed by atoms with E-state index in [4.69, 9.17) is 17.3 Å². The summed E-state index contributed by atoms with van der Waals surface area (Å²) in [6, 6.07) is 0. The molecule has 0 fully saturated rings. The Kier molecular flexibility index (Phi) is 4.04. The van der Waals surface area contributed by atoms with Gasteiger partial charge in [0.2, 0.25) is 0 Å². The summed E-state index contributed by atoms with van der Waals surface area (Å²) in [5, 5.41) is 0. The van der Waals surface area contributed by atoms with Crippen molar-refractivity contribution in [3.63, 3.8) is 0 Å². The lowest BCUT2D eigenvalue weighted by atomic mass is 10.3. The van der Waals surface area contributed by atoms with E-state index in [1.165, 1.54) is 0 Å². The molecular formula is C4H8ClNO. The first-order valence-corrected chi connectivity index (χ1v) is 2.62. The van der Waals surface area contributed by atoms with Gasteiger partial charge in [0.1, 0.15) is 5.78 Å². The third-order valence-corrected chi connectivity index (χ3v) is 0.870. The lowest BCUT2D eigenvalue weighted by Gasteiger charge is -1.86. The Balaban J connectivity index is 3.00. The van der Waals surface area contributed by atoms with Crippen LogP contribution in [0.2, 0.25) is 0 Å². The molecular weight excluding hydrogens is 114 g/mol. The van der Waals surface area contributed by atoms with Gasteiger partial charge in [-0.25, -0.2) is 0 Å². The molecule has 3 heteroatoms. The van der Waals surface area contributed by atoms with Crippen LogP contribution in [0.15, 0.2) is 0 Å². The van der Waals surface area contributed by atoms with Gasteiger partial charge in [-0.15, -0.1) is 11.6 Å². The van der Waals surface area contributed by atoms with Crippen LogP contribution in [0.1, 0.15) is 6.42 Å². The summed E-state index contributed by atoms with van der Waals surface area (Å²) in [7, 11) is 0. The van der Waals surface area contributed by atoms with E-state index in [2.05, 4.69) is 0 Å². The minimum atomic E-state index is 0.0177. The highest BCUT2D eigenvalue weighted by Gasteiger charge is 1.93. The maximum Gasteiger partial charge on any atom is 0.148 e. The predicted octanol–water partition coefficient (Wildman–Crippen LogP) is 0.143. The molecule has 0 aliphatic carbocycles. The first-order valence-electron chi connectivity index (χ1n) is 2.09. The van der Waals surface area contributed by atoms with Gasteiger partial charge in [-0.2, -0.15) is 0 Å². The first kappa shape index (κ1) is 6.92. The van der Waals surface area contributed by atoms with E-state index >= 15 is 0 Å². The number of rotatable bonds is 3. The third kappa shape index (κ3) is 3.76. The van der Waals surface area contributed by atoms with E-state index < -0.39 is 0 Å². The highest BCUT2D eigenvalue weighted by molar-refractivity contribution is 6.27. The van der Waals surface area contributed by atoms with Crippen molar-refractivity contribution in [1.82, 2.24) is 0 Å². The normalized spacial score (nSPS) is 8.86. The summed E-state index contributed by atoms with van der Waals surface area (Å²) in [5.41, 5.74) is 5.03. The Morgan fingerprint density at radius 1 is 1.71 bits per heavy atom. The molecule has 0 saturated carbocycles. The van der Waals surface area contributed by atoms with E-state index in [0.29, 0.717) is 13.0 Å². The molecule has 0 unspecified atom stereocenters. The number of hydrogen-bond acceptors (Lipinski definition) is 2. The monoisotopic (exact) mass is 121 g/mol. The second kappa shape index (κ2) is 4.09. The van der Waals surface area contributed by atoms with Crippen molar-refractivity contribution in [3.05, 3.63) is 0 Å². The summed E-state index contributed by atoms with van der Waals surface area (Å²) in [6.45, 7) is 0.408.